The average Bonchev–Trinajstić information content (AvgIpc) is 3.10. The molecule has 28 heavy (non-hydrogen) atoms. The molecule has 3 rings (SSSR count). The van der Waals surface area contributed by atoms with Crippen molar-refractivity contribution in [1.29, 1.82) is 0 Å². The van der Waals surface area contributed by atoms with Gasteiger partial charge in [-0.1, -0.05) is 29.8 Å². The Kier molecular flexibility index (Phi) is 5.75. The van der Waals surface area contributed by atoms with Crippen LogP contribution in [-0.2, 0) is 11.4 Å². The molecular weight excluding hydrogens is 374 g/mol. The maximum absolute atomic E-state index is 12.3. The molecular formula is C21H21N3O3S. The Hall–Kier alpha value is -3.19. The van der Waals surface area contributed by atoms with Gasteiger partial charge in [-0.05, 0) is 37.6 Å². The second-order valence-corrected chi connectivity index (χ2v) is 7.25. The molecule has 1 heterocycles. The predicted molar refractivity (Wildman–Crippen MR) is 110 cm³/mol. The first-order chi connectivity index (χ1) is 13.4. The second-order valence-electron chi connectivity index (χ2n) is 6.41. The van der Waals surface area contributed by atoms with Crippen molar-refractivity contribution in [3.63, 3.8) is 0 Å². The van der Waals surface area contributed by atoms with E-state index in [1.807, 2.05) is 37.4 Å². The molecule has 1 aromatic heterocycles. The summed E-state index contributed by atoms with van der Waals surface area (Å²) < 4.78 is 5.72. The highest BCUT2D eigenvalue weighted by molar-refractivity contribution is 7.14. The van der Waals surface area contributed by atoms with Crippen LogP contribution < -0.4 is 15.4 Å². The number of benzene rings is 2. The zero-order valence-corrected chi connectivity index (χ0v) is 16.7. The van der Waals surface area contributed by atoms with Crippen molar-refractivity contribution in [3.05, 3.63) is 70.2 Å². The van der Waals surface area contributed by atoms with Crippen molar-refractivity contribution >= 4 is 34.0 Å². The van der Waals surface area contributed by atoms with Crippen molar-refractivity contribution in [1.82, 2.24) is 4.98 Å². The summed E-state index contributed by atoms with van der Waals surface area (Å²) in [6, 6.07) is 12.7. The number of para-hydroxylation sites is 1. The summed E-state index contributed by atoms with van der Waals surface area (Å²) in [5, 5.41) is 2.41. The van der Waals surface area contributed by atoms with Crippen molar-refractivity contribution < 1.29 is 14.3 Å². The normalized spacial score (nSPS) is 10.5. The van der Waals surface area contributed by atoms with Crippen molar-refractivity contribution in [3.8, 4) is 5.75 Å². The largest absolute Gasteiger partial charge is 0.486 e. The van der Waals surface area contributed by atoms with Crippen LogP contribution in [0.5, 0.6) is 5.75 Å². The molecule has 2 amide bonds. The molecule has 0 saturated heterocycles. The minimum absolute atomic E-state index is 0.118. The topological polar surface area (TPSA) is 85.5 Å². The smallest absolute Gasteiger partial charge is 0.252 e. The zero-order valence-electron chi connectivity index (χ0n) is 15.9. The molecule has 6 nitrogen and oxygen atoms in total. The highest BCUT2D eigenvalue weighted by Crippen LogP contribution is 2.32. The van der Waals surface area contributed by atoms with E-state index in [0.29, 0.717) is 22.1 Å². The van der Waals surface area contributed by atoms with Crippen molar-refractivity contribution in [2.24, 2.45) is 5.73 Å². The van der Waals surface area contributed by atoms with Gasteiger partial charge in [0.1, 0.15) is 12.4 Å². The second kappa shape index (κ2) is 8.22. The van der Waals surface area contributed by atoms with Gasteiger partial charge in [-0.15, -0.1) is 11.3 Å². The number of amides is 2. The monoisotopic (exact) mass is 395 g/mol. The molecule has 0 spiro atoms. The lowest BCUT2D eigenvalue weighted by atomic mass is 10.1. The summed E-state index contributed by atoms with van der Waals surface area (Å²) >= 11 is 1.36. The first-order valence-corrected chi connectivity index (χ1v) is 9.58. The van der Waals surface area contributed by atoms with E-state index in [1.54, 1.807) is 29.2 Å². The Morgan fingerprint density at radius 2 is 1.93 bits per heavy atom. The fourth-order valence-electron chi connectivity index (χ4n) is 2.88. The van der Waals surface area contributed by atoms with Crippen molar-refractivity contribution in [2.45, 2.75) is 27.4 Å². The first-order valence-electron chi connectivity index (χ1n) is 8.71. The van der Waals surface area contributed by atoms with Gasteiger partial charge in [0, 0.05) is 12.3 Å². The molecule has 7 heteroatoms. The summed E-state index contributed by atoms with van der Waals surface area (Å²) in [6.07, 6.45) is 0. The molecule has 0 aliphatic carbocycles. The van der Waals surface area contributed by atoms with Crippen LogP contribution in [0.1, 0.15) is 34.1 Å². The molecule has 0 fully saturated rings. The molecule has 0 unspecified atom stereocenters. The fraction of sp³-hybridized carbons (Fsp3) is 0.190. The van der Waals surface area contributed by atoms with Gasteiger partial charge in [0.2, 0.25) is 5.91 Å². The number of hydrogen-bond acceptors (Lipinski definition) is 5. The summed E-state index contributed by atoms with van der Waals surface area (Å²) in [5.74, 6) is -0.262. The van der Waals surface area contributed by atoms with E-state index in [9.17, 15) is 9.59 Å². The zero-order chi connectivity index (χ0) is 20.3. The van der Waals surface area contributed by atoms with E-state index < -0.39 is 5.91 Å². The fourth-order valence-corrected chi connectivity index (χ4v) is 3.74. The third-order valence-electron chi connectivity index (χ3n) is 4.17. The Morgan fingerprint density at radius 3 is 2.61 bits per heavy atom. The van der Waals surface area contributed by atoms with Crippen LogP contribution in [0, 0.1) is 13.8 Å². The summed E-state index contributed by atoms with van der Waals surface area (Å²) in [7, 11) is 0. The van der Waals surface area contributed by atoms with E-state index in [1.165, 1.54) is 18.3 Å². The molecule has 0 aliphatic rings. The molecule has 0 saturated carbocycles. The minimum atomic E-state index is -0.549. The lowest BCUT2D eigenvalue weighted by Gasteiger charge is -2.20. The number of hydrogen-bond donors (Lipinski definition) is 1. The highest BCUT2D eigenvalue weighted by atomic mass is 32.1. The molecule has 2 N–H and O–H groups in total. The lowest BCUT2D eigenvalue weighted by Crippen LogP contribution is -2.23. The third-order valence-corrected chi connectivity index (χ3v) is 5.04. The number of rotatable bonds is 6. The van der Waals surface area contributed by atoms with Gasteiger partial charge in [-0.2, -0.15) is 0 Å². The SMILES string of the molecule is CC(=O)N(c1nc(COc2ccccc2C(N)=O)cs1)c1ccc(C)cc1C. The minimum Gasteiger partial charge on any atom is -0.486 e. The number of carbonyl (C=O) groups excluding carboxylic acids is 2. The number of primary amides is 1. The maximum atomic E-state index is 12.3. The van der Waals surface area contributed by atoms with Gasteiger partial charge in [0.05, 0.1) is 16.9 Å². The van der Waals surface area contributed by atoms with E-state index in [4.69, 9.17) is 10.5 Å². The summed E-state index contributed by atoms with van der Waals surface area (Å²) in [4.78, 5) is 29.9. The Balaban J connectivity index is 1.82. The van der Waals surface area contributed by atoms with Crippen LogP contribution in [0.4, 0.5) is 10.8 Å². The predicted octanol–water partition coefficient (Wildman–Crippen LogP) is 4.12. The number of anilines is 2. The summed E-state index contributed by atoms with van der Waals surface area (Å²) in [6.45, 7) is 5.66. The number of aryl methyl sites for hydroxylation is 2. The van der Waals surface area contributed by atoms with Gasteiger partial charge in [-0.3, -0.25) is 14.5 Å². The van der Waals surface area contributed by atoms with Crippen LogP contribution in [0.3, 0.4) is 0 Å². The molecule has 0 radical (unpaired) electrons. The molecule has 144 valence electrons. The van der Waals surface area contributed by atoms with Crippen LogP contribution in [-0.4, -0.2) is 16.8 Å². The number of nitrogens with two attached hydrogens (primary N) is 1. The molecule has 3 aromatic rings. The van der Waals surface area contributed by atoms with Gasteiger partial charge >= 0.3 is 0 Å². The number of ether oxygens (including phenoxy) is 1. The number of thiazole rings is 1. The Morgan fingerprint density at radius 1 is 1.18 bits per heavy atom. The molecule has 0 atom stereocenters. The van der Waals surface area contributed by atoms with Gasteiger partial charge in [0.15, 0.2) is 5.13 Å². The lowest BCUT2D eigenvalue weighted by molar-refractivity contribution is -0.115. The standard InChI is InChI=1S/C21H21N3O3S/c1-13-8-9-18(14(2)10-13)24(15(3)25)21-23-16(12-28-21)11-27-19-7-5-4-6-17(19)20(22)26/h4-10,12H,11H2,1-3H3,(H2,22,26). The maximum Gasteiger partial charge on any atom is 0.252 e. The average molecular weight is 395 g/mol. The highest BCUT2D eigenvalue weighted by Gasteiger charge is 2.20. The third kappa shape index (κ3) is 4.20. The molecule has 0 aliphatic heterocycles. The Bertz CT molecular complexity index is 1030. The number of nitrogens with zero attached hydrogens (tertiary/aromatic N) is 2. The van der Waals surface area contributed by atoms with Gasteiger partial charge < -0.3 is 10.5 Å². The Labute approximate surface area is 167 Å². The molecule has 0 bridgehead atoms. The van der Waals surface area contributed by atoms with E-state index in [-0.39, 0.29) is 12.5 Å². The van der Waals surface area contributed by atoms with Crippen LogP contribution in [0.25, 0.3) is 0 Å². The molecule has 2 aromatic carbocycles. The van der Waals surface area contributed by atoms with Gasteiger partial charge in [-0.25, -0.2) is 4.98 Å². The van der Waals surface area contributed by atoms with Crippen LogP contribution in [0.15, 0.2) is 47.8 Å². The van der Waals surface area contributed by atoms with Crippen LogP contribution in [0.2, 0.25) is 0 Å². The van der Waals surface area contributed by atoms with E-state index in [2.05, 4.69) is 4.98 Å². The van der Waals surface area contributed by atoms with Gasteiger partial charge in [0.25, 0.3) is 5.91 Å². The first kappa shape index (κ1) is 19.6. The van der Waals surface area contributed by atoms with Crippen molar-refractivity contribution in [2.75, 3.05) is 4.90 Å². The van der Waals surface area contributed by atoms with Crippen LogP contribution >= 0.6 is 11.3 Å². The number of aromatic nitrogens is 1. The van der Waals surface area contributed by atoms with E-state index >= 15 is 0 Å². The summed E-state index contributed by atoms with van der Waals surface area (Å²) in [5.41, 5.74) is 9.29. The number of carbonyl (C=O) groups is 2. The quantitative estimate of drug-likeness (QED) is 0.680. The van der Waals surface area contributed by atoms with E-state index in [0.717, 1.165) is 16.8 Å².